The summed E-state index contributed by atoms with van der Waals surface area (Å²) in [5.74, 6) is 2.35. The number of ether oxygens (including phenoxy) is 3. The number of aliphatic imine (C=N–C) groups is 1. The van der Waals surface area contributed by atoms with Crippen LogP contribution in [-0.4, -0.2) is 50.0 Å². The number of nitrogens with zero attached hydrogens (tertiary/aromatic N) is 1. The summed E-state index contributed by atoms with van der Waals surface area (Å²) >= 11 is 0. The first-order valence-electron chi connectivity index (χ1n) is 10.2. The topological polar surface area (TPSA) is 93.2 Å². The largest absolute Gasteiger partial charge is 0.496 e. The Hall–Kier alpha value is -2.64. The van der Waals surface area contributed by atoms with Crippen molar-refractivity contribution in [3.8, 4) is 11.5 Å². The van der Waals surface area contributed by atoms with E-state index in [-0.39, 0.29) is 6.10 Å². The highest BCUT2D eigenvalue weighted by Gasteiger charge is 2.25. The summed E-state index contributed by atoms with van der Waals surface area (Å²) in [4.78, 5) is 16.3. The van der Waals surface area contributed by atoms with Crippen molar-refractivity contribution >= 4 is 12.1 Å². The molecule has 1 heterocycles. The van der Waals surface area contributed by atoms with E-state index in [2.05, 4.69) is 27.9 Å². The standard InChI is InChI=1S/C22H36N4O4/c1-14-9-15-10-17(28-8)16(11-18(15)29-14)12-24-19(23-7)25-13-22(5,6)26-20(27)30-21(2,3)4/h10-11,14H,9,12-13H2,1-8H3,(H,26,27)(H2,23,24,25). The van der Waals surface area contributed by atoms with Crippen LogP contribution in [0.4, 0.5) is 4.79 Å². The molecule has 0 fully saturated rings. The highest BCUT2D eigenvalue weighted by molar-refractivity contribution is 5.80. The van der Waals surface area contributed by atoms with Crippen molar-refractivity contribution in [2.24, 2.45) is 4.99 Å². The van der Waals surface area contributed by atoms with Gasteiger partial charge in [-0.15, -0.1) is 0 Å². The maximum atomic E-state index is 12.1. The first kappa shape index (κ1) is 23.6. The maximum Gasteiger partial charge on any atom is 0.408 e. The molecule has 0 saturated carbocycles. The second-order valence-corrected chi connectivity index (χ2v) is 9.19. The van der Waals surface area contributed by atoms with Gasteiger partial charge in [0.2, 0.25) is 0 Å². The van der Waals surface area contributed by atoms with E-state index in [0.29, 0.717) is 19.0 Å². The molecule has 0 radical (unpaired) electrons. The molecule has 8 heteroatoms. The summed E-state index contributed by atoms with van der Waals surface area (Å²) in [6.45, 7) is 12.4. The van der Waals surface area contributed by atoms with Crippen LogP contribution in [0, 0.1) is 0 Å². The van der Waals surface area contributed by atoms with Gasteiger partial charge in [-0.25, -0.2) is 4.79 Å². The van der Waals surface area contributed by atoms with Crippen molar-refractivity contribution in [3.05, 3.63) is 23.3 Å². The Balaban J connectivity index is 1.92. The summed E-state index contributed by atoms with van der Waals surface area (Å²) in [6, 6.07) is 4.06. The minimum Gasteiger partial charge on any atom is -0.496 e. The Morgan fingerprint density at radius 1 is 1.23 bits per heavy atom. The number of amides is 1. The number of hydrogen-bond acceptors (Lipinski definition) is 5. The van der Waals surface area contributed by atoms with Crippen LogP contribution in [-0.2, 0) is 17.7 Å². The lowest BCUT2D eigenvalue weighted by atomic mass is 10.1. The van der Waals surface area contributed by atoms with Crippen LogP contribution in [0.3, 0.4) is 0 Å². The predicted molar refractivity (Wildman–Crippen MR) is 118 cm³/mol. The summed E-state index contributed by atoms with van der Waals surface area (Å²) in [7, 11) is 3.37. The molecule has 168 valence electrons. The van der Waals surface area contributed by atoms with E-state index >= 15 is 0 Å². The van der Waals surface area contributed by atoms with E-state index in [9.17, 15) is 4.79 Å². The number of rotatable bonds is 6. The molecule has 1 aromatic carbocycles. The number of hydrogen-bond donors (Lipinski definition) is 3. The van der Waals surface area contributed by atoms with Gasteiger partial charge < -0.3 is 30.2 Å². The Morgan fingerprint density at radius 2 is 1.93 bits per heavy atom. The minimum atomic E-state index is -0.540. The van der Waals surface area contributed by atoms with Crippen LogP contribution in [0.1, 0.15) is 52.7 Å². The molecule has 30 heavy (non-hydrogen) atoms. The fraction of sp³-hybridized carbons (Fsp3) is 0.636. The number of carbonyl (C=O) groups excluding carboxylic acids is 1. The van der Waals surface area contributed by atoms with E-state index in [1.807, 2.05) is 46.8 Å². The Kier molecular flexibility index (Phi) is 7.44. The van der Waals surface area contributed by atoms with Crippen molar-refractivity contribution in [2.75, 3.05) is 20.7 Å². The first-order chi connectivity index (χ1) is 13.9. The SMILES string of the molecule is CN=C(NCc1cc2c(cc1OC)CC(C)O2)NCC(C)(C)NC(=O)OC(C)(C)C. The molecule has 1 aliphatic rings. The number of alkyl carbamates (subject to hydrolysis) is 1. The third-order valence-corrected chi connectivity index (χ3v) is 4.51. The number of benzene rings is 1. The molecule has 8 nitrogen and oxygen atoms in total. The minimum absolute atomic E-state index is 0.182. The molecule has 1 aliphatic heterocycles. The molecule has 1 amide bonds. The Bertz CT molecular complexity index is 784. The van der Waals surface area contributed by atoms with Gasteiger partial charge in [0, 0.05) is 37.7 Å². The molecule has 0 saturated heterocycles. The van der Waals surface area contributed by atoms with Crippen molar-refractivity contribution in [1.82, 2.24) is 16.0 Å². The molecule has 1 aromatic rings. The van der Waals surface area contributed by atoms with Crippen LogP contribution >= 0.6 is 0 Å². The third-order valence-electron chi connectivity index (χ3n) is 4.51. The van der Waals surface area contributed by atoms with Gasteiger partial charge in [-0.1, -0.05) is 0 Å². The highest BCUT2D eigenvalue weighted by atomic mass is 16.6. The normalized spacial score (nSPS) is 16.4. The van der Waals surface area contributed by atoms with Crippen LogP contribution < -0.4 is 25.4 Å². The zero-order valence-electron chi connectivity index (χ0n) is 19.4. The van der Waals surface area contributed by atoms with Crippen molar-refractivity contribution in [1.29, 1.82) is 0 Å². The molecule has 2 rings (SSSR count). The van der Waals surface area contributed by atoms with Gasteiger partial charge >= 0.3 is 6.09 Å². The second kappa shape index (κ2) is 9.45. The fourth-order valence-electron chi connectivity index (χ4n) is 3.14. The zero-order valence-corrected chi connectivity index (χ0v) is 19.4. The average Bonchev–Trinajstić information content (AvgIpc) is 2.97. The van der Waals surface area contributed by atoms with Crippen molar-refractivity contribution < 1.29 is 19.0 Å². The molecular weight excluding hydrogens is 384 g/mol. The second-order valence-electron chi connectivity index (χ2n) is 9.19. The maximum absolute atomic E-state index is 12.1. The van der Waals surface area contributed by atoms with Gasteiger partial charge in [0.15, 0.2) is 5.96 Å². The van der Waals surface area contributed by atoms with Gasteiger partial charge in [-0.3, -0.25) is 4.99 Å². The van der Waals surface area contributed by atoms with Crippen LogP contribution in [0.15, 0.2) is 17.1 Å². The van der Waals surface area contributed by atoms with Crippen LogP contribution in [0.25, 0.3) is 0 Å². The molecule has 0 spiro atoms. The number of fused-ring (bicyclic) bond motifs is 1. The van der Waals surface area contributed by atoms with E-state index in [1.54, 1.807) is 14.2 Å². The first-order valence-corrected chi connectivity index (χ1v) is 10.2. The zero-order chi connectivity index (χ0) is 22.5. The Morgan fingerprint density at radius 3 is 2.53 bits per heavy atom. The number of nitrogens with one attached hydrogen (secondary N) is 3. The Labute approximate surface area is 179 Å². The summed E-state index contributed by atoms with van der Waals surface area (Å²) in [5, 5.41) is 9.40. The van der Waals surface area contributed by atoms with E-state index < -0.39 is 17.2 Å². The lowest BCUT2D eigenvalue weighted by Crippen LogP contribution is -2.54. The van der Waals surface area contributed by atoms with Crippen molar-refractivity contribution in [3.63, 3.8) is 0 Å². The number of carbonyl (C=O) groups is 1. The molecular formula is C22H36N4O4. The summed E-state index contributed by atoms with van der Waals surface area (Å²) in [6.07, 6.45) is 0.624. The van der Waals surface area contributed by atoms with Crippen LogP contribution in [0.5, 0.6) is 11.5 Å². The van der Waals surface area contributed by atoms with E-state index in [0.717, 1.165) is 23.5 Å². The predicted octanol–water partition coefficient (Wildman–Crippen LogP) is 2.99. The van der Waals surface area contributed by atoms with Gasteiger partial charge in [-0.2, -0.15) is 0 Å². The number of guanidine groups is 1. The monoisotopic (exact) mass is 420 g/mol. The molecule has 0 aliphatic carbocycles. The van der Waals surface area contributed by atoms with Crippen LogP contribution in [0.2, 0.25) is 0 Å². The van der Waals surface area contributed by atoms with Gasteiger partial charge in [0.1, 0.15) is 23.2 Å². The lowest BCUT2D eigenvalue weighted by molar-refractivity contribution is 0.0474. The molecule has 1 atom stereocenters. The smallest absolute Gasteiger partial charge is 0.408 e. The quantitative estimate of drug-likeness (QED) is 0.484. The highest BCUT2D eigenvalue weighted by Crippen LogP contribution is 2.34. The average molecular weight is 421 g/mol. The summed E-state index contributed by atoms with van der Waals surface area (Å²) in [5.41, 5.74) is 1.08. The molecule has 3 N–H and O–H groups in total. The fourth-order valence-corrected chi connectivity index (χ4v) is 3.14. The van der Waals surface area contributed by atoms with E-state index in [4.69, 9.17) is 14.2 Å². The molecule has 0 bridgehead atoms. The number of methoxy groups -OCH3 is 1. The summed E-state index contributed by atoms with van der Waals surface area (Å²) < 4.78 is 16.7. The van der Waals surface area contributed by atoms with E-state index in [1.165, 1.54) is 5.56 Å². The molecule has 1 unspecified atom stereocenters. The van der Waals surface area contributed by atoms with Gasteiger partial charge in [0.25, 0.3) is 0 Å². The van der Waals surface area contributed by atoms with Gasteiger partial charge in [0.05, 0.1) is 12.6 Å². The third kappa shape index (κ3) is 7.00. The van der Waals surface area contributed by atoms with Crippen molar-refractivity contribution in [2.45, 2.75) is 71.8 Å². The van der Waals surface area contributed by atoms with Gasteiger partial charge in [-0.05, 0) is 53.7 Å². The molecule has 0 aromatic heterocycles. The lowest BCUT2D eigenvalue weighted by Gasteiger charge is -2.29.